The minimum atomic E-state index is -3.35. The number of nitrogens with zero attached hydrogens (tertiary/aromatic N) is 5. The maximum absolute atomic E-state index is 12.5. The molecule has 26 heavy (non-hydrogen) atoms. The molecule has 0 saturated carbocycles. The fourth-order valence-corrected chi connectivity index (χ4v) is 5.49. The standard InChI is InChI=1S/C15H22N8O2S/c1-26(24,25)23-5-2-10-13(19-9-18-10)15(23)3-6-22(7-4-15)12-8-11(16)20-14(17)21-12/h8-9H,2-7H2,1H3,(H,18,19)(H4,16,17,20,21). The molecule has 0 atom stereocenters. The van der Waals surface area contributed by atoms with Crippen LogP contribution in [0, 0.1) is 0 Å². The Balaban J connectivity index is 1.67. The lowest BCUT2D eigenvalue weighted by Gasteiger charge is -2.49. The van der Waals surface area contributed by atoms with E-state index in [0.717, 1.165) is 11.4 Å². The largest absolute Gasteiger partial charge is 0.383 e. The SMILES string of the molecule is CS(=O)(=O)N1CCc2[nH]cnc2C12CCN(c1cc(N)nc(N)n1)CC2. The summed E-state index contributed by atoms with van der Waals surface area (Å²) in [5.41, 5.74) is 12.7. The third-order valence-electron chi connectivity index (χ3n) is 5.27. The van der Waals surface area contributed by atoms with E-state index in [4.69, 9.17) is 11.5 Å². The first-order chi connectivity index (χ1) is 12.3. The van der Waals surface area contributed by atoms with E-state index in [2.05, 4.69) is 24.8 Å². The van der Waals surface area contributed by atoms with Gasteiger partial charge in [-0.2, -0.15) is 14.3 Å². The Morgan fingerprint density at radius 1 is 1.19 bits per heavy atom. The van der Waals surface area contributed by atoms with E-state index in [0.29, 0.717) is 50.5 Å². The summed E-state index contributed by atoms with van der Waals surface area (Å²) in [5, 5.41) is 0. The van der Waals surface area contributed by atoms with Crippen molar-refractivity contribution in [2.45, 2.75) is 24.8 Å². The molecule has 2 aromatic rings. The fourth-order valence-electron chi connectivity index (χ4n) is 4.17. The average Bonchev–Trinajstić information content (AvgIpc) is 3.03. The van der Waals surface area contributed by atoms with Crippen LogP contribution in [0.2, 0.25) is 0 Å². The molecule has 0 amide bonds. The zero-order chi connectivity index (χ0) is 18.5. The third kappa shape index (κ3) is 2.67. The first-order valence-electron chi connectivity index (χ1n) is 8.45. The molecule has 4 heterocycles. The van der Waals surface area contributed by atoms with Crippen LogP contribution in [0.4, 0.5) is 17.6 Å². The minimum absolute atomic E-state index is 0.130. The van der Waals surface area contributed by atoms with Crippen molar-refractivity contribution in [1.82, 2.24) is 24.2 Å². The van der Waals surface area contributed by atoms with E-state index in [-0.39, 0.29) is 5.95 Å². The summed E-state index contributed by atoms with van der Waals surface area (Å²) in [4.78, 5) is 17.8. The summed E-state index contributed by atoms with van der Waals surface area (Å²) in [6.07, 6.45) is 4.79. The molecule has 2 aliphatic rings. The summed E-state index contributed by atoms with van der Waals surface area (Å²) in [6.45, 7) is 1.70. The number of aromatic nitrogens is 4. The smallest absolute Gasteiger partial charge is 0.223 e. The molecule has 0 bridgehead atoms. The maximum Gasteiger partial charge on any atom is 0.223 e. The molecule has 0 radical (unpaired) electrons. The number of nitrogens with one attached hydrogen (secondary N) is 1. The Labute approximate surface area is 151 Å². The summed E-state index contributed by atoms with van der Waals surface area (Å²) in [5.74, 6) is 1.11. The van der Waals surface area contributed by atoms with E-state index < -0.39 is 15.6 Å². The lowest BCUT2D eigenvalue weighted by molar-refractivity contribution is 0.128. The van der Waals surface area contributed by atoms with E-state index in [1.807, 2.05) is 0 Å². The fraction of sp³-hybridized carbons (Fsp3) is 0.533. The second kappa shape index (κ2) is 5.81. The number of imidazole rings is 1. The Bertz CT molecular complexity index is 913. The van der Waals surface area contributed by atoms with E-state index >= 15 is 0 Å². The number of sulfonamides is 1. The van der Waals surface area contributed by atoms with E-state index in [1.165, 1.54) is 6.26 Å². The van der Waals surface area contributed by atoms with Crippen molar-refractivity contribution in [3.63, 3.8) is 0 Å². The Hall–Kier alpha value is -2.40. The van der Waals surface area contributed by atoms with E-state index in [9.17, 15) is 8.42 Å². The van der Waals surface area contributed by atoms with Crippen molar-refractivity contribution in [3.8, 4) is 0 Å². The number of rotatable bonds is 2. The number of anilines is 3. The van der Waals surface area contributed by atoms with Crippen LogP contribution in [0.15, 0.2) is 12.4 Å². The van der Waals surface area contributed by atoms with Gasteiger partial charge in [-0.15, -0.1) is 0 Å². The van der Waals surface area contributed by atoms with Crippen molar-refractivity contribution < 1.29 is 8.42 Å². The molecule has 4 rings (SSSR count). The summed E-state index contributed by atoms with van der Waals surface area (Å²) >= 11 is 0. The minimum Gasteiger partial charge on any atom is -0.383 e. The van der Waals surface area contributed by atoms with Gasteiger partial charge >= 0.3 is 0 Å². The second-order valence-corrected chi connectivity index (χ2v) is 8.75. The normalized spacial score (nSPS) is 20.3. The van der Waals surface area contributed by atoms with Crippen LogP contribution >= 0.6 is 0 Å². The number of aromatic amines is 1. The highest BCUT2D eigenvalue weighted by atomic mass is 32.2. The summed E-state index contributed by atoms with van der Waals surface area (Å²) in [6, 6.07) is 1.68. The highest BCUT2D eigenvalue weighted by molar-refractivity contribution is 7.88. The van der Waals surface area contributed by atoms with Gasteiger partial charge in [0.25, 0.3) is 0 Å². The van der Waals surface area contributed by atoms with Gasteiger partial charge in [-0.05, 0) is 12.8 Å². The highest BCUT2D eigenvalue weighted by Gasteiger charge is 2.50. The number of hydrogen-bond acceptors (Lipinski definition) is 8. The summed E-state index contributed by atoms with van der Waals surface area (Å²) in [7, 11) is -3.35. The molecule has 1 spiro atoms. The van der Waals surface area contributed by atoms with Crippen molar-refractivity contribution in [3.05, 3.63) is 23.8 Å². The van der Waals surface area contributed by atoms with Gasteiger partial charge in [0.1, 0.15) is 11.6 Å². The van der Waals surface area contributed by atoms with Gasteiger partial charge in [-0.3, -0.25) is 0 Å². The van der Waals surface area contributed by atoms with Gasteiger partial charge in [-0.1, -0.05) is 0 Å². The van der Waals surface area contributed by atoms with Crippen molar-refractivity contribution in [2.24, 2.45) is 0 Å². The lowest BCUT2D eigenvalue weighted by atomic mass is 9.80. The summed E-state index contributed by atoms with van der Waals surface area (Å²) < 4.78 is 26.5. The monoisotopic (exact) mass is 378 g/mol. The molecule has 140 valence electrons. The quantitative estimate of drug-likeness (QED) is 0.644. The predicted octanol–water partition coefficient (Wildman–Crippen LogP) is -0.322. The Morgan fingerprint density at radius 3 is 2.58 bits per heavy atom. The van der Waals surface area contributed by atoms with Crippen LogP contribution in [0.5, 0.6) is 0 Å². The number of fused-ring (bicyclic) bond motifs is 2. The Morgan fingerprint density at radius 2 is 1.92 bits per heavy atom. The number of piperidine rings is 1. The van der Waals surface area contributed by atoms with Crippen LogP contribution < -0.4 is 16.4 Å². The number of H-pyrrole nitrogens is 1. The molecule has 0 aliphatic carbocycles. The molecule has 5 N–H and O–H groups in total. The predicted molar refractivity (Wildman–Crippen MR) is 97.8 cm³/mol. The maximum atomic E-state index is 12.5. The average molecular weight is 378 g/mol. The van der Waals surface area contributed by atoms with Crippen molar-refractivity contribution in [2.75, 3.05) is 42.3 Å². The van der Waals surface area contributed by atoms with Crippen LogP contribution in [0.25, 0.3) is 0 Å². The van der Waals surface area contributed by atoms with Gasteiger partial charge < -0.3 is 21.4 Å². The van der Waals surface area contributed by atoms with Crippen LogP contribution in [0.3, 0.4) is 0 Å². The number of nitrogen functional groups attached to an aromatic ring is 2. The zero-order valence-corrected chi connectivity index (χ0v) is 15.3. The first kappa shape index (κ1) is 17.0. The van der Waals surface area contributed by atoms with Crippen molar-refractivity contribution >= 4 is 27.6 Å². The molecular weight excluding hydrogens is 356 g/mol. The number of hydrogen-bond donors (Lipinski definition) is 3. The molecular formula is C15H22N8O2S. The molecule has 0 aromatic carbocycles. The van der Waals surface area contributed by atoms with E-state index in [1.54, 1.807) is 16.7 Å². The first-order valence-corrected chi connectivity index (χ1v) is 10.3. The molecule has 1 fully saturated rings. The topological polar surface area (TPSA) is 147 Å². The van der Waals surface area contributed by atoms with Crippen LogP contribution in [-0.2, 0) is 22.0 Å². The van der Waals surface area contributed by atoms with Crippen LogP contribution in [0.1, 0.15) is 24.2 Å². The van der Waals surface area contributed by atoms with Gasteiger partial charge in [0, 0.05) is 37.8 Å². The lowest BCUT2D eigenvalue weighted by Crippen LogP contribution is -2.58. The highest BCUT2D eigenvalue weighted by Crippen LogP contribution is 2.44. The van der Waals surface area contributed by atoms with Gasteiger partial charge in [0.05, 0.1) is 23.8 Å². The zero-order valence-electron chi connectivity index (χ0n) is 14.5. The molecule has 11 heteroatoms. The van der Waals surface area contributed by atoms with Gasteiger partial charge in [0.2, 0.25) is 16.0 Å². The second-order valence-electron chi connectivity index (χ2n) is 6.84. The third-order valence-corrected chi connectivity index (χ3v) is 6.60. The van der Waals surface area contributed by atoms with Crippen molar-refractivity contribution in [1.29, 1.82) is 0 Å². The molecule has 2 aromatic heterocycles. The molecule has 2 aliphatic heterocycles. The molecule has 10 nitrogen and oxygen atoms in total. The van der Waals surface area contributed by atoms with Gasteiger partial charge in [-0.25, -0.2) is 13.4 Å². The Kier molecular flexibility index (Phi) is 3.81. The van der Waals surface area contributed by atoms with Gasteiger partial charge in [0.15, 0.2) is 0 Å². The van der Waals surface area contributed by atoms with Crippen LogP contribution in [-0.4, -0.2) is 58.5 Å². The molecule has 1 saturated heterocycles. The number of nitrogens with two attached hydrogens (primary N) is 2. The molecule has 0 unspecified atom stereocenters.